The molecule has 0 amide bonds. The zero-order valence-electron chi connectivity index (χ0n) is 11.0. The van der Waals surface area contributed by atoms with E-state index in [4.69, 9.17) is 10.00 Å². The summed E-state index contributed by atoms with van der Waals surface area (Å²) in [5.74, 6) is 0.841. The third kappa shape index (κ3) is 3.23. The number of anilines is 1. The lowest BCUT2D eigenvalue weighted by Gasteiger charge is -2.19. The molecule has 4 heteroatoms. The van der Waals surface area contributed by atoms with Crippen LogP contribution in [0.15, 0.2) is 42.6 Å². The summed E-state index contributed by atoms with van der Waals surface area (Å²) < 4.78 is 5.13. The summed E-state index contributed by atoms with van der Waals surface area (Å²) in [6.45, 7) is 0.726. The Kier molecular flexibility index (Phi) is 3.99. The van der Waals surface area contributed by atoms with Gasteiger partial charge >= 0.3 is 0 Å². The van der Waals surface area contributed by atoms with Gasteiger partial charge in [-0.05, 0) is 42.0 Å². The Morgan fingerprint density at radius 3 is 2.63 bits per heavy atom. The molecular formula is C15H15N3O. The van der Waals surface area contributed by atoms with E-state index in [2.05, 4.69) is 9.88 Å². The molecule has 2 rings (SSSR count). The Labute approximate surface area is 112 Å². The molecule has 19 heavy (non-hydrogen) atoms. The molecule has 0 atom stereocenters. The highest BCUT2D eigenvalue weighted by molar-refractivity contribution is 5.49. The molecule has 96 valence electrons. The number of aromatic nitrogens is 1. The van der Waals surface area contributed by atoms with Crippen LogP contribution in [-0.2, 0) is 6.54 Å². The molecule has 0 unspecified atom stereocenters. The smallest absolute Gasteiger partial charge is 0.140 e. The van der Waals surface area contributed by atoms with Crippen molar-refractivity contribution >= 4 is 5.69 Å². The number of nitriles is 1. The van der Waals surface area contributed by atoms with Gasteiger partial charge in [0, 0.05) is 25.5 Å². The van der Waals surface area contributed by atoms with Gasteiger partial charge in [0.15, 0.2) is 0 Å². The first-order chi connectivity index (χ1) is 9.22. The second-order valence-corrected chi connectivity index (χ2v) is 4.22. The normalized spacial score (nSPS) is 9.74. The van der Waals surface area contributed by atoms with Crippen LogP contribution in [0.4, 0.5) is 5.69 Å². The number of hydrogen-bond acceptors (Lipinski definition) is 4. The first-order valence-corrected chi connectivity index (χ1v) is 5.93. The largest absolute Gasteiger partial charge is 0.497 e. The summed E-state index contributed by atoms with van der Waals surface area (Å²) in [5, 5.41) is 8.83. The molecule has 1 heterocycles. The monoisotopic (exact) mass is 253 g/mol. The van der Waals surface area contributed by atoms with Gasteiger partial charge in [-0.3, -0.25) is 0 Å². The molecule has 0 bridgehead atoms. The molecule has 1 aromatic heterocycles. The van der Waals surface area contributed by atoms with E-state index in [0.29, 0.717) is 5.69 Å². The number of nitrogens with zero attached hydrogens (tertiary/aromatic N) is 3. The third-order valence-electron chi connectivity index (χ3n) is 2.87. The van der Waals surface area contributed by atoms with Gasteiger partial charge < -0.3 is 9.64 Å². The lowest BCUT2D eigenvalue weighted by atomic mass is 10.2. The Hall–Kier alpha value is -2.54. The molecule has 0 aliphatic heterocycles. The highest BCUT2D eigenvalue weighted by atomic mass is 16.5. The quantitative estimate of drug-likeness (QED) is 0.840. The Balaban J connectivity index is 2.11. The number of pyridine rings is 1. The van der Waals surface area contributed by atoms with E-state index in [0.717, 1.165) is 23.5 Å². The molecule has 2 aromatic rings. The highest BCUT2D eigenvalue weighted by Gasteiger charge is 2.03. The molecule has 0 aliphatic carbocycles. The Morgan fingerprint density at radius 1 is 1.26 bits per heavy atom. The number of rotatable bonds is 4. The van der Waals surface area contributed by atoms with Crippen LogP contribution in [0.2, 0.25) is 0 Å². The van der Waals surface area contributed by atoms with Crippen LogP contribution in [0.5, 0.6) is 5.75 Å². The second kappa shape index (κ2) is 5.87. The summed E-state index contributed by atoms with van der Waals surface area (Å²) in [4.78, 5) is 6.07. The molecule has 0 aliphatic rings. The van der Waals surface area contributed by atoms with Crippen molar-refractivity contribution < 1.29 is 4.74 Å². The first kappa shape index (κ1) is 12.9. The van der Waals surface area contributed by atoms with Crippen molar-refractivity contribution in [2.75, 3.05) is 19.1 Å². The highest BCUT2D eigenvalue weighted by Crippen LogP contribution is 2.19. The van der Waals surface area contributed by atoms with Crippen LogP contribution < -0.4 is 9.64 Å². The SMILES string of the molecule is COc1ccc(N(C)Cc2ccnc(C#N)c2)cc1. The predicted molar refractivity (Wildman–Crippen MR) is 74.1 cm³/mol. The first-order valence-electron chi connectivity index (χ1n) is 5.93. The minimum Gasteiger partial charge on any atom is -0.497 e. The fourth-order valence-corrected chi connectivity index (χ4v) is 1.84. The maximum atomic E-state index is 8.83. The molecule has 4 nitrogen and oxygen atoms in total. The molecular weight excluding hydrogens is 238 g/mol. The number of methoxy groups -OCH3 is 1. The van der Waals surface area contributed by atoms with Gasteiger partial charge in [-0.2, -0.15) is 5.26 Å². The minimum atomic E-state index is 0.445. The summed E-state index contributed by atoms with van der Waals surface area (Å²) >= 11 is 0. The number of hydrogen-bond donors (Lipinski definition) is 0. The predicted octanol–water partition coefficient (Wildman–Crippen LogP) is 2.60. The standard InChI is InChI=1S/C15H15N3O/c1-18(14-3-5-15(19-2)6-4-14)11-12-7-8-17-13(9-12)10-16/h3-9H,11H2,1-2H3. The van der Waals surface area contributed by atoms with E-state index in [9.17, 15) is 0 Å². The number of ether oxygens (including phenoxy) is 1. The van der Waals surface area contributed by atoms with E-state index < -0.39 is 0 Å². The molecule has 0 radical (unpaired) electrons. The van der Waals surface area contributed by atoms with Crippen LogP contribution in [0.25, 0.3) is 0 Å². The van der Waals surface area contributed by atoms with Gasteiger partial charge in [0.2, 0.25) is 0 Å². The van der Waals surface area contributed by atoms with Crippen molar-refractivity contribution in [3.63, 3.8) is 0 Å². The molecule has 1 aromatic carbocycles. The van der Waals surface area contributed by atoms with Crippen molar-refractivity contribution in [2.24, 2.45) is 0 Å². The van der Waals surface area contributed by atoms with Crippen molar-refractivity contribution in [1.29, 1.82) is 5.26 Å². The van der Waals surface area contributed by atoms with Gasteiger partial charge in [0.1, 0.15) is 17.5 Å². The number of benzene rings is 1. The average molecular weight is 253 g/mol. The fraction of sp³-hybridized carbons (Fsp3) is 0.200. The fourth-order valence-electron chi connectivity index (χ4n) is 1.84. The molecule has 0 saturated heterocycles. The van der Waals surface area contributed by atoms with Crippen LogP contribution >= 0.6 is 0 Å². The molecule has 0 saturated carbocycles. The Bertz CT molecular complexity index is 587. The van der Waals surface area contributed by atoms with Crippen LogP contribution in [0.1, 0.15) is 11.3 Å². The van der Waals surface area contributed by atoms with Crippen LogP contribution in [0, 0.1) is 11.3 Å². The van der Waals surface area contributed by atoms with Crippen molar-refractivity contribution in [3.05, 3.63) is 53.9 Å². The van der Waals surface area contributed by atoms with Gasteiger partial charge in [0.05, 0.1) is 7.11 Å². The van der Waals surface area contributed by atoms with Gasteiger partial charge in [-0.25, -0.2) is 4.98 Å². The van der Waals surface area contributed by atoms with Gasteiger partial charge in [0.25, 0.3) is 0 Å². The Morgan fingerprint density at radius 2 is 2.00 bits per heavy atom. The molecule has 0 spiro atoms. The van der Waals surface area contributed by atoms with E-state index in [1.807, 2.05) is 43.4 Å². The third-order valence-corrected chi connectivity index (χ3v) is 2.87. The second-order valence-electron chi connectivity index (χ2n) is 4.22. The zero-order chi connectivity index (χ0) is 13.7. The van der Waals surface area contributed by atoms with Gasteiger partial charge in [-0.1, -0.05) is 0 Å². The van der Waals surface area contributed by atoms with E-state index in [1.165, 1.54) is 0 Å². The average Bonchev–Trinajstić information content (AvgIpc) is 2.47. The lowest BCUT2D eigenvalue weighted by Crippen LogP contribution is -2.16. The van der Waals surface area contributed by atoms with Crippen LogP contribution in [0.3, 0.4) is 0 Å². The van der Waals surface area contributed by atoms with Crippen LogP contribution in [-0.4, -0.2) is 19.1 Å². The van der Waals surface area contributed by atoms with E-state index >= 15 is 0 Å². The summed E-state index contributed by atoms with van der Waals surface area (Å²) in [6.07, 6.45) is 1.66. The van der Waals surface area contributed by atoms with Gasteiger partial charge in [-0.15, -0.1) is 0 Å². The molecule has 0 fully saturated rings. The maximum absolute atomic E-state index is 8.83. The van der Waals surface area contributed by atoms with Crippen molar-refractivity contribution in [2.45, 2.75) is 6.54 Å². The summed E-state index contributed by atoms with van der Waals surface area (Å²) in [5.41, 5.74) is 2.60. The van der Waals surface area contributed by atoms with Crippen molar-refractivity contribution in [3.8, 4) is 11.8 Å². The van der Waals surface area contributed by atoms with E-state index in [-0.39, 0.29) is 0 Å². The topological polar surface area (TPSA) is 49.1 Å². The summed E-state index contributed by atoms with van der Waals surface area (Å²) in [6, 6.07) is 13.6. The molecule has 0 N–H and O–H groups in total. The zero-order valence-corrected chi connectivity index (χ0v) is 11.0. The minimum absolute atomic E-state index is 0.445. The summed E-state index contributed by atoms with van der Waals surface area (Å²) in [7, 11) is 3.66. The van der Waals surface area contributed by atoms with E-state index in [1.54, 1.807) is 19.4 Å². The maximum Gasteiger partial charge on any atom is 0.140 e. The lowest BCUT2D eigenvalue weighted by molar-refractivity contribution is 0.415. The van der Waals surface area contributed by atoms with Crippen molar-refractivity contribution in [1.82, 2.24) is 4.98 Å².